The SMILES string of the molecule is COc1ccc(O)c(C=NC(C(=O)O)C(C)(C)S)c1. The van der Waals surface area contributed by atoms with E-state index in [4.69, 9.17) is 9.84 Å². The van der Waals surface area contributed by atoms with Crippen LogP contribution in [-0.4, -0.2) is 40.3 Å². The number of carbonyl (C=O) groups is 1. The van der Waals surface area contributed by atoms with Crippen LogP contribution in [-0.2, 0) is 4.79 Å². The molecule has 0 saturated carbocycles. The lowest BCUT2D eigenvalue weighted by molar-refractivity contribution is -0.138. The molecule has 6 heteroatoms. The van der Waals surface area contributed by atoms with Crippen LogP contribution in [0.5, 0.6) is 11.5 Å². The second kappa shape index (κ2) is 5.97. The Morgan fingerprint density at radius 2 is 2.16 bits per heavy atom. The monoisotopic (exact) mass is 283 g/mol. The maximum Gasteiger partial charge on any atom is 0.329 e. The van der Waals surface area contributed by atoms with Crippen LogP contribution in [0.3, 0.4) is 0 Å². The highest BCUT2D eigenvalue weighted by Gasteiger charge is 2.31. The number of rotatable bonds is 5. The molecule has 1 aromatic carbocycles. The summed E-state index contributed by atoms with van der Waals surface area (Å²) in [6, 6.07) is 3.62. The molecule has 0 radical (unpaired) electrons. The molecule has 104 valence electrons. The van der Waals surface area contributed by atoms with Gasteiger partial charge in [0.05, 0.1) is 7.11 Å². The lowest BCUT2D eigenvalue weighted by atomic mass is 10.0. The second-order valence-electron chi connectivity index (χ2n) is 4.60. The van der Waals surface area contributed by atoms with Crippen LogP contribution >= 0.6 is 12.6 Å². The van der Waals surface area contributed by atoms with Gasteiger partial charge in [-0.15, -0.1) is 0 Å². The van der Waals surface area contributed by atoms with Gasteiger partial charge < -0.3 is 14.9 Å². The molecule has 1 unspecified atom stereocenters. The second-order valence-corrected chi connectivity index (χ2v) is 5.75. The van der Waals surface area contributed by atoms with Crippen LogP contribution in [0.4, 0.5) is 0 Å². The van der Waals surface area contributed by atoms with E-state index in [9.17, 15) is 9.90 Å². The fourth-order valence-electron chi connectivity index (χ4n) is 1.47. The Morgan fingerprint density at radius 3 is 2.63 bits per heavy atom. The van der Waals surface area contributed by atoms with Crippen molar-refractivity contribution >= 4 is 24.8 Å². The number of aromatic hydroxyl groups is 1. The predicted molar refractivity (Wildman–Crippen MR) is 76.7 cm³/mol. The van der Waals surface area contributed by atoms with Crippen LogP contribution in [0.25, 0.3) is 0 Å². The molecule has 0 spiro atoms. The first-order valence-corrected chi connectivity index (χ1v) is 6.05. The molecule has 1 rings (SSSR count). The molecular weight excluding hydrogens is 266 g/mol. The van der Waals surface area contributed by atoms with Gasteiger partial charge in [0, 0.05) is 16.5 Å². The molecule has 1 atom stereocenters. The summed E-state index contributed by atoms with van der Waals surface area (Å²) in [6.45, 7) is 3.33. The topological polar surface area (TPSA) is 79.1 Å². The van der Waals surface area contributed by atoms with Crippen molar-refractivity contribution in [2.45, 2.75) is 24.6 Å². The fraction of sp³-hybridized carbons (Fsp3) is 0.385. The van der Waals surface area contributed by atoms with E-state index >= 15 is 0 Å². The molecule has 0 fully saturated rings. The molecule has 0 bridgehead atoms. The largest absolute Gasteiger partial charge is 0.507 e. The molecule has 0 aliphatic carbocycles. The highest BCUT2D eigenvalue weighted by atomic mass is 32.1. The van der Waals surface area contributed by atoms with E-state index in [1.54, 1.807) is 26.0 Å². The summed E-state index contributed by atoms with van der Waals surface area (Å²) in [5.74, 6) is -0.513. The van der Waals surface area contributed by atoms with Gasteiger partial charge in [0.25, 0.3) is 0 Å². The molecule has 19 heavy (non-hydrogen) atoms. The van der Waals surface area contributed by atoms with Gasteiger partial charge in [-0.1, -0.05) is 0 Å². The Morgan fingerprint density at radius 1 is 1.53 bits per heavy atom. The smallest absolute Gasteiger partial charge is 0.329 e. The number of ether oxygens (including phenoxy) is 1. The number of phenolic OH excluding ortho intramolecular Hbond substituents is 1. The minimum atomic E-state index is -1.07. The van der Waals surface area contributed by atoms with Crippen LogP contribution in [0.15, 0.2) is 23.2 Å². The zero-order valence-corrected chi connectivity index (χ0v) is 11.9. The Hall–Kier alpha value is -1.69. The van der Waals surface area contributed by atoms with Gasteiger partial charge in [-0.2, -0.15) is 12.6 Å². The first-order valence-electron chi connectivity index (χ1n) is 5.61. The summed E-state index contributed by atoms with van der Waals surface area (Å²) in [5, 5.41) is 18.8. The Kier molecular flexibility index (Phi) is 4.83. The number of nitrogens with zero attached hydrogens (tertiary/aromatic N) is 1. The van der Waals surface area contributed by atoms with Gasteiger partial charge in [0.1, 0.15) is 11.5 Å². The summed E-state index contributed by atoms with van der Waals surface area (Å²) in [5.41, 5.74) is 0.392. The van der Waals surface area contributed by atoms with Crippen molar-refractivity contribution < 1.29 is 19.7 Å². The third kappa shape index (κ3) is 4.17. The number of carboxylic acid groups (broad SMARTS) is 1. The molecule has 5 nitrogen and oxygen atoms in total. The molecule has 0 saturated heterocycles. The third-order valence-electron chi connectivity index (χ3n) is 2.50. The molecular formula is C13H17NO4S. The highest BCUT2D eigenvalue weighted by molar-refractivity contribution is 7.81. The normalized spacial score (nSPS) is 13.5. The van der Waals surface area contributed by atoms with E-state index in [1.165, 1.54) is 19.4 Å². The maximum atomic E-state index is 11.1. The number of methoxy groups -OCH3 is 1. The van der Waals surface area contributed by atoms with Crippen molar-refractivity contribution in [2.24, 2.45) is 4.99 Å². The molecule has 0 aromatic heterocycles. The van der Waals surface area contributed by atoms with E-state index in [1.807, 2.05) is 0 Å². The fourth-order valence-corrected chi connectivity index (χ4v) is 1.64. The summed E-state index contributed by atoms with van der Waals surface area (Å²) in [6.07, 6.45) is 1.31. The first-order chi connectivity index (χ1) is 8.75. The van der Waals surface area contributed by atoms with Crippen molar-refractivity contribution in [1.29, 1.82) is 0 Å². The Bertz CT molecular complexity index is 494. The molecule has 2 N–H and O–H groups in total. The highest BCUT2D eigenvalue weighted by Crippen LogP contribution is 2.24. The summed E-state index contributed by atoms with van der Waals surface area (Å²) in [4.78, 5) is 15.1. The Labute approximate surface area is 117 Å². The Balaban J connectivity index is 3.06. The van der Waals surface area contributed by atoms with Gasteiger partial charge in [-0.3, -0.25) is 4.99 Å². The first kappa shape index (κ1) is 15.4. The number of aliphatic carboxylic acids is 1. The quantitative estimate of drug-likeness (QED) is 0.570. The summed E-state index contributed by atoms with van der Waals surface area (Å²) < 4.78 is 4.22. The average Bonchev–Trinajstić information content (AvgIpc) is 2.29. The van der Waals surface area contributed by atoms with Crippen LogP contribution in [0.2, 0.25) is 0 Å². The van der Waals surface area contributed by atoms with Crippen molar-refractivity contribution in [3.63, 3.8) is 0 Å². The van der Waals surface area contributed by atoms with Crippen molar-refractivity contribution in [3.8, 4) is 11.5 Å². The minimum Gasteiger partial charge on any atom is -0.507 e. The number of benzene rings is 1. The van der Waals surface area contributed by atoms with Gasteiger partial charge >= 0.3 is 5.97 Å². The van der Waals surface area contributed by atoms with E-state index in [0.717, 1.165) is 0 Å². The maximum absolute atomic E-state index is 11.1. The zero-order valence-electron chi connectivity index (χ0n) is 11.0. The lowest BCUT2D eigenvalue weighted by Gasteiger charge is -2.22. The number of carboxylic acids is 1. The molecule has 0 heterocycles. The van der Waals surface area contributed by atoms with Gasteiger partial charge in [-0.25, -0.2) is 4.79 Å². The van der Waals surface area contributed by atoms with Gasteiger partial charge in [0.2, 0.25) is 0 Å². The van der Waals surface area contributed by atoms with Crippen molar-refractivity contribution in [3.05, 3.63) is 23.8 Å². The van der Waals surface area contributed by atoms with E-state index in [-0.39, 0.29) is 5.75 Å². The number of phenols is 1. The van der Waals surface area contributed by atoms with Gasteiger partial charge in [0.15, 0.2) is 6.04 Å². The van der Waals surface area contributed by atoms with Crippen molar-refractivity contribution in [1.82, 2.24) is 0 Å². The van der Waals surface area contributed by atoms with E-state index in [0.29, 0.717) is 11.3 Å². The summed E-state index contributed by atoms with van der Waals surface area (Å²) >= 11 is 4.22. The number of hydrogen-bond donors (Lipinski definition) is 3. The zero-order chi connectivity index (χ0) is 14.6. The third-order valence-corrected chi connectivity index (χ3v) is 2.75. The number of thiol groups is 1. The summed E-state index contributed by atoms with van der Waals surface area (Å²) in [7, 11) is 1.50. The molecule has 0 aliphatic rings. The minimum absolute atomic E-state index is 0.00524. The van der Waals surface area contributed by atoms with Crippen molar-refractivity contribution in [2.75, 3.05) is 7.11 Å². The van der Waals surface area contributed by atoms with Crippen LogP contribution in [0, 0.1) is 0 Å². The predicted octanol–water partition coefficient (Wildman–Crippen LogP) is 1.98. The number of aliphatic imine (C=N–C) groups is 1. The van der Waals surface area contributed by atoms with Crippen LogP contribution in [0.1, 0.15) is 19.4 Å². The molecule has 0 aliphatic heterocycles. The van der Waals surface area contributed by atoms with Gasteiger partial charge in [-0.05, 0) is 32.0 Å². The average molecular weight is 283 g/mol. The lowest BCUT2D eigenvalue weighted by Crippen LogP contribution is -2.36. The standard InChI is InChI=1S/C13H17NO4S/c1-13(2,19)11(12(16)17)14-7-8-6-9(18-3)4-5-10(8)15/h4-7,11,15,19H,1-3H3,(H,16,17). The van der Waals surface area contributed by atoms with E-state index in [2.05, 4.69) is 17.6 Å². The number of hydrogen-bond acceptors (Lipinski definition) is 5. The van der Waals surface area contributed by atoms with E-state index < -0.39 is 16.8 Å². The molecule has 0 amide bonds. The van der Waals surface area contributed by atoms with Crippen LogP contribution < -0.4 is 4.74 Å². The molecule has 1 aromatic rings.